The highest BCUT2D eigenvalue weighted by Gasteiger charge is 2.14. The Labute approximate surface area is 131 Å². The lowest BCUT2D eigenvalue weighted by Gasteiger charge is -2.08. The number of aromatic nitrogens is 2. The smallest absolute Gasteiger partial charge is 0.162 e. The largest absolute Gasteiger partial charge is 0.504 e. The van der Waals surface area contributed by atoms with Crippen LogP contribution >= 0.6 is 0 Å². The molecule has 0 bridgehead atoms. The molecule has 0 aliphatic rings. The standard InChI is InChI=1S/C17H14F2N2O2/c1-23-15-6-5-11(8-14(15)22)17-12(9-20-21-17)7-10-3-2-4-13(18)16(10)19/h2-6,8-9,22H,7H2,1H3,(H,20,21). The maximum absolute atomic E-state index is 13.8. The molecule has 0 spiro atoms. The van der Waals surface area contributed by atoms with Crippen LogP contribution in [-0.2, 0) is 6.42 Å². The van der Waals surface area contributed by atoms with Gasteiger partial charge in [0.05, 0.1) is 19.0 Å². The van der Waals surface area contributed by atoms with Crippen LogP contribution in [0.25, 0.3) is 11.3 Å². The van der Waals surface area contributed by atoms with Crippen molar-refractivity contribution in [2.45, 2.75) is 6.42 Å². The number of hydrogen-bond donors (Lipinski definition) is 2. The Morgan fingerprint density at radius 2 is 2.00 bits per heavy atom. The first-order chi connectivity index (χ1) is 11.1. The molecule has 2 aromatic carbocycles. The van der Waals surface area contributed by atoms with Gasteiger partial charge in [-0.25, -0.2) is 8.78 Å². The van der Waals surface area contributed by atoms with Crippen molar-refractivity contribution in [2.24, 2.45) is 0 Å². The van der Waals surface area contributed by atoms with Crippen molar-refractivity contribution in [3.63, 3.8) is 0 Å². The number of benzene rings is 2. The summed E-state index contributed by atoms with van der Waals surface area (Å²) in [5.41, 5.74) is 2.24. The lowest BCUT2D eigenvalue weighted by Crippen LogP contribution is -1.96. The first-order valence-electron chi connectivity index (χ1n) is 6.92. The summed E-state index contributed by atoms with van der Waals surface area (Å²) < 4.78 is 32.2. The lowest BCUT2D eigenvalue weighted by molar-refractivity contribution is 0.373. The highest BCUT2D eigenvalue weighted by atomic mass is 19.2. The highest BCUT2D eigenvalue weighted by Crippen LogP contribution is 2.32. The third-order valence-electron chi connectivity index (χ3n) is 3.60. The Balaban J connectivity index is 1.97. The zero-order valence-corrected chi connectivity index (χ0v) is 12.3. The number of hydrogen-bond acceptors (Lipinski definition) is 3. The number of phenolic OH excluding ortho intramolecular Hbond substituents is 1. The predicted octanol–water partition coefficient (Wildman–Crippen LogP) is 3.66. The van der Waals surface area contributed by atoms with Crippen molar-refractivity contribution in [3.8, 4) is 22.8 Å². The topological polar surface area (TPSA) is 58.1 Å². The van der Waals surface area contributed by atoms with E-state index >= 15 is 0 Å². The molecule has 0 amide bonds. The quantitative estimate of drug-likeness (QED) is 0.772. The van der Waals surface area contributed by atoms with Gasteiger partial charge in [-0.1, -0.05) is 12.1 Å². The van der Waals surface area contributed by atoms with Crippen molar-refractivity contribution in [1.82, 2.24) is 10.2 Å². The number of aromatic hydroxyl groups is 1. The van der Waals surface area contributed by atoms with E-state index in [1.165, 1.54) is 25.3 Å². The van der Waals surface area contributed by atoms with Crippen molar-refractivity contribution in [2.75, 3.05) is 7.11 Å². The van der Waals surface area contributed by atoms with Gasteiger partial charge in [0, 0.05) is 17.5 Å². The second kappa shape index (κ2) is 6.08. The van der Waals surface area contributed by atoms with Gasteiger partial charge in [0.25, 0.3) is 0 Å². The maximum atomic E-state index is 13.8. The van der Waals surface area contributed by atoms with Gasteiger partial charge in [-0.05, 0) is 29.8 Å². The van der Waals surface area contributed by atoms with Crippen LogP contribution in [0.3, 0.4) is 0 Å². The minimum absolute atomic E-state index is 0.0116. The number of nitrogens with zero attached hydrogens (tertiary/aromatic N) is 1. The van der Waals surface area contributed by atoms with Crippen LogP contribution in [-0.4, -0.2) is 22.4 Å². The summed E-state index contributed by atoms with van der Waals surface area (Å²) in [7, 11) is 1.46. The van der Waals surface area contributed by atoms with Gasteiger partial charge >= 0.3 is 0 Å². The second-order valence-corrected chi connectivity index (χ2v) is 5.05. The highest BCUT2D eigenvalue weighted by molar-refractivity contribution is 5.66. The zero-order valence-electron chi connectivity index (χ0n) is 12.3. The van der Waals surface area contributed by atoms with E-state index in [0.29, 0.717) is 22.6 Å². The first kappa shape index (κ1) is 15.0. The Morgan fingerprint density at radius 3 is 2.74 bits per heavy atom. The van der Waals surface area contributed by atoms with Gasteiger partial charge in [-0.2, -0.15) is 5.10 Å². The summed E-state index contributed by atoms with van der Waals surface area (Å²) in [5, 5.41) is 16.7. The number of nitrogens with one attached hydrogen (secondary N) is 1. The third-order valence-corrected chi connectivity index (χ3v) is 3.60. The van der Waals surface area contributed by atoms with E-state index in [0.717, 1.165) is 6.07 Å². The van der Waals surface area contributed by atoms with E-state index in [2.05, 4.69) is 10.2 Å². The number of H-pyrrole nitrogens is 1. The Morgan fingerprint density at radius 1 is 1.17 bits per heavy atom. The molecule has 0 saturated carbocycles. The van der Waals surface area contributed by atoms with Gasteiger partial charge < -0.3 is 9.84 Å². The first-order valence-corrected chi connectivity index (χ1v) is 6.92. The van der Waals surface area contributed by atoms with E-state index in [4.69, 9.17) is 4.74 Å². The van der Waals surface area contributed by atoms with Crippen LogP contribution in [0.1, 0.15) is 11.1 Å². The molecule has 3 aromatic rings. The fraction of sp³-hybridized carbons (Fsp3) is 0.118. The number of aromatic amines is 1. The molecule has 118 valence electrons. The Bertz CT molecular complexity index is 846. The van der Waals surface area contributed by atoms with Crippen molar-refractivity contribution >= 4 is 0 Å². The minimum atomic E-state index is -0.880. The van der Waals surface area contributed by atoms with Gasteiger partial charge in [-0.3, -0.25) is 5.10 Å². The average molecular weight is 316 g/mol. The number of halogens is 2. The molecule has 0 saturated heterocycles. The molecule has 0 aliphatic carbocycles. The average Bonchev–Trinajstić information content (AvgIpc) is 3.00. The van der Waals surface area contributed by atoms with Gasteiger partial charge in [0.1, 0.15) is 0 Å². The molecule has 0 aliphatic heterocycles. The van der Waals surface area contributed by atoms with Crippen LogP contribution in [0.5, 0.6) is 11.5 Å². The van der Waals surface area contributed by atoms with Crippen LogP contribution < -0.4 is 4.74 Å². The molecular formula is C17H14F2N2O2. The van der Waals surface area contributed by atoms with E-state index < -0.39 is 11.6 Å². The van der Waals surface area contributed by atoms with E-state index in [-0.39, 0.29) is 17.7 Å². The number of methoxy groups -OCH3 is 1. The third kappa shape index (κ3) is 2.88. The fourth-order valence-electron chi connectivity index (χ4n) is 2.43. The summed E-state index contributed by atoms with van der Waals surface area (Å²) in [6.07, 6.45) is 1.74. The maximum Gasteiger partial charge on any atom is 0.162 e. The van der Waals surface area contributed by atoms with E-state index in [9.17, 15) is 13.9 Å². The van der Waals surface area contributed by atoms with E-state index in [1.807, 2.05) is 0 Å². The lowest BCUT2D eigenvalue weighted by atomic mass is 10.0. The molecule has 0 atom stereocenters. The van der Waals surface area contributed by atoms with Crippen molar-refractivity contribution < 1.29 is 18.6 Å². The summed E-state index contributed by atoms with van der Waals surface area (Å²) in [6.45, 7) is 0. The summed E-state index contributed by atoms with van der Waals surface area (Å²) in [5.74, 6) is -1.40. The second-order valence-electron chi connectivity index (χ2n) is 5.05. The molecule has 4 nitrogen and oxygen atoms in total. The molecule has 0 radical (unpaired) electrons. The Kier molecular flexibility index (Phi) is 3.97. The number of phenols is 1. The predicted molar refractivity (Wildman–Crippen MR) is 81.4 cm³/mol. The molecule has 0 fully saturated rings. The van der Waals surface area contributed by atoms with Gasteiger partial charge in [0.2, 0.25) is 0 Å². The summed E-state index contributed by atoms with van der Waals surface area (Å²) >= 11 is 0. The van der Waals surface area contributed by atoms with Crippen LogP contribution in [0.2, 0.25) is 0 Å². The van der Waals surface area contributed by atoms with Gasteiger partial charge in [0.15, 0.2) is 23.1 Å². The van der Waals surface area contributed by atoms with Crippen molar-refractivity contribution in [3.05, 3.63) is 65.4 Å². The molecule has 1 aromatic heterocycles. The number of ether oxygens (including phenoxy) is 1. The van der Waals surface area contributed by atoms with E-state index in [1.54, 1.807) is 18.3 Å². The molecule has 23 heavy (non-hydrogen) atoms. The normalized spacial score (nSPS) is 10.7. The van der Waals surface area contributed by atoms with Crippen molar-refractivity contribution in [1.29, 1.82) is 0 Å². The molecule has 3 rings (SSSR count). The van der Waals surface area contributed by atoms with Gasteiger partial charge in [-0.15, -0.1) is 0 Å². The Hall–Kier alpha value is -2.89. The molecule has 6 heteroatoms. The summed E-state index contributed by atoms with van der Waals surface area (Å²) in [6, 6.07) is 8.97. The fourth-order valence-corrected chi connectivity index (χ4v) is 2.43. The SMILES string of the molecule is COc1ccc(-c2[nH]ncc2Cc2cccc(F)c2F)cc1O. The number of rotatable bonds is 4. The summed E-state index contributed by atoms with van der Waals surface area (Å²) in [4.78, 5) is 0. The molecule has 0 unspecified atom stereocenters. The molecule has 2 N–H and O–H groups in total. The monoisotopic (exact) mass is 316 g/mol. The zero-order chi connectivity index (χ0) is 16.4. The van der Waals surface area contributed by atoms with Crippen LogP contribution in [0, 0.1) is 11.6 Å². The molecular weight excluding hydrogens is 302 g/mol. The molecule has 1 heterocycles. The van der Waals surface area contributed by atoms with Crippen LogP contribution in [0.4, 0.5) is 8.78 Å². The minimum Gasteiger partial charge on any atom is -0.504 e. The van der Waals surface area contributed by atoms with Crippen LogP contribution in [0.15, 0.2) is 42.6 Å².